The summed E-state index contributed by atoms with van der Waals surface area (Å²) in [5, 5.41) is 6.61. The Kier molecular flexibility index (Phi) is 12.8. The van der Waals surface area contributed by atoms with Crippen molar-refractivity contribution in [2.75, 3.05) is 46.0 Å². The van der Waals surface area contributed by atoms with Gasteiger partial charge in [0.05, 0.1) is 35.6 Å². The van der Waals surface area contributed by atoms with Crippen molar-refractivity contribution < 1.29 is 46.5 Å². The average molecular weight is 907 g/mol. The lowest BCUT2D eigenvalue weighted by atomic mass is 9.85. The van der Waals surface area contributed by atoms with Gasteiger partial charge >= 0.3 is 6.09 Å². The van der Waals surface area contributed by atoms with Gasteiger partial charge in [-0.3, -0.25) is 24.0 Å². The van der Waals surface area contributed by atoms with Crippen LogP contribution in [0.3, 0.4) is 0 Å². The Bertz CT molecular complexity index is 2260. The molecule has 0 unspecified atom stereocenters. The Morgan fingerprint density at radius 1 is 1.09 bits per heavy atom. The molecule has 3 N–H and O–H groups in total. The van der Waals surface area contributed by atoms with Crippen molar-refractivity contribution in [2.24, 2.45) is 17.3 Å². The minimum absolute atomic E-state index is 0.0213. The van der Waals surface area contributed by atoms with Crippen LogP contribution in [0.2, 0.25) is 0 Å². The molecule has 6 aliphatic rings. The lowest BCUT2D eigenvalue weighted by molar-refractivity contribution is -0.143. The van der Waals surface area contributed by atoms with Crippen LogP contribution in [0.5, 0.6) is 11.6 Å². The summed E-state index contributed by atoms with van der Waals surface area (Å²) in [6, 6.07) is 5.50. The van der Waals surface area contributed by atoms with E-state index in [0.29, 0.717) is 62.7 Å². The van der Waals surface area contributed by atoms with E-state index in [1.54, 1.807) is 6.92 Å². The Morgan fingerprint density at radius 3 is 2.53 bits per heavy atom. The molecule has 2 bridgehead atoms. The lowest BCUT2D eigenvalue weighted by Crippen LogP contribution is -2.60. The van der Waals surface area contributed by atoms with Gasteiger partial charge in [-0.25, -0.2) is 18.2 Å². The summed E-state index contributed by atoms with van der Waals surface area (Å²) < 4.78 is 53.2. The number of sulfonamides is 1. The van der Waals surface area contributed by atoms with Crippen LogP contribution in [0, 0.1) is 17.3 Å². The third-order valence-corrected chi connectivity index (χ3v) is 16.9. The SMILES string of the molecule is C=C[C@@H]1C[C@]1(NC(=O)[C@@H]1C[C@@H]2CN1C(=O)[C@H](C(C)(C)C)NC(=O)O[C@]1(C)C[C@H]1CCCCCc1c(nc3ccccc3c1OCCN1CCOCC1)O2)C(=O)NS(=O)(=O)C1(CC)CC1. The predicted octanol–water partition coefficient (Wildman–Crippen LogP) is 4.78. The fourth-order valence-corrected chi connectivity index (χ4v) is 11.6. The first kappa shape index (κ1) is 46.1. The molecule has 8 rings (SSSR count). The van der Waals surface area contributed by atoms with Crippen molar-refractivity contribution in [1.29, 1.82) is 0 Å². The summed E-state index contributed by atoms with van der Waals surface area (Å²) in [4.78, 5) is 66.1. The van der Waals surface area contributed by atoms with Crippen LogP contribution < -0.4 is 24.8 Å². The van der Waals surface area contributed by atoms with Gasteiger partial charge in [-0.1, -0.05) is 58.7 Å². The fourth-order valence-electron chi connectivity index (χ4n) is 9.93. The van der Waals surface area contributed by atoms with E-state index in [-0.39, 0.29) is 25.3 Å². The van der Waals surface area contributed by atoms with E-state index in [4.69, 9.17) is 23.9 Å². The number of ether oxygens (including phenoxy) is 4. The number of alkyl carbamates (subject to hydrolysis) is 1. The van der Waals surface area contributed by atoms with Crippen LogP contribution in [0.25, 0.3) is 10.9 Å². The molecule has 7 atom stereocenters. The number of para-hydroxylation sites is 1. The number of morpholine rings is 1. The van der Waals surface area contributed by atoms with Gasteiger partial charge in [0.15, 0.2) is 0 Å². The maximum atomic E-state index is 15.0. The third-order valence-electron chi connectivity index (χ3n) is 14.6. The molecule has 5 fully saturated rings. The number of nitrogens with one attached hydrogen (secondary N) is 3. The normalized spacial score (nSPS) is 30.8. The first-order valence-electron chi connectivity index (χ1n) is 23.2. The Balaban J connectivity index is 1.13. The van der Waals surface area contributed by atoms with E-state index < -0.39 is 79.2 Å². The number of hydrogen-bond donors (Lipinski definition) is 3. The molecule has 1 aromatic carbocycles. The highest BCUT2D eigenvalue weighted by atomic mass is 32.2. The molecule has 64 heavy (non-hydrogen) atoms. The van der Waals surface area contributed by atoms with Gasteiger partial charge in [0, 0.05) is 43.3 Å². The number of carbonyl (C=O) groups is 4. The Labute approximate surface area is 377 Å². The molecule has 350 valence electrons. The maximum absolute atomic E-state index is 15.0. The first-order valence-corrected chi connectivity index (χ1v) is 24.7. The highest BCUT2D eigenvalue weighted by Gasteiger charge is 2.63. The van der Waals surface area contributed by atoms with Crippen molar-refractivity contribution in [3.05, 3.63) is 42.5 Å². The minimum Gasteiger partial charge on any atom is -0.491 e. The smallest absolute Gasteiger partial charge is 0.408 e. The van der Waals surface area contributed by atoms with Crippen LogP contribution in [0.1, 0.15) is 104 Å². The highest BCUT2D eigenvalue weighted by molar-refractivity contribution is 7.91. The van der Waals surface area contributed by atoms with Gasteiger partial charge in [0.25, 0.3) is 5.91 Å². The Hall–Kier alpha value is -4.48. The van der Waals surface area contributed by atoms with E-state index >= 15 is 0 Å². The number of pyridine rings is 1. The van der Waals surface area contributed by atoms with E-state index in [9.17, 15) is 27.6 Å². The number of fused-ring (bicyclic) bond motifs is 5. The van der Waals surface area contributed by atoms with E-state index in [1.165, 1.54) is 11.0 Å². The zero-order chi connectivity index (χ0) is 45.7. The van der Waals surface area contributed by atoms with Crippen LogP contribution in [0.4, 0.5) is 4.79 Å². The number of rotatable bonds is 11. The van der Waals surface area contributed by atoms with Gasteiger partial charge in [0.1, 0.15) is 41.7 Å². The van der Waals surface area contributed by atoms with Crippen LogP contribution in [0.15, 0.2) is 36.9 Å². The molecule has 4 amide bonds. The zero-order valence-electron chi connectivity index (χ0n) is 38.0. The molecule has 0 spiro atoms. The standard InChI is InChI=1S/C47H66N6O10S/c1-7-30-28-47(30,42(56)51-64(58,59)46(8-2)18-19-46)50-39(54)36-26-32-29-53(36)41(55)38(44(3,4)5)49-43(57)63-45(6)27-31(45)14-10-9-11-16-34-37(61-25-22-52-20-23-60-24-21-52)33-15-12-13-17-35(33)48-40(34)62-32/h7,12-13,15,17,30-32,36,38H,1,8-11,14,16,18-29H2,2-6H3,(H,49,57)(H,50,54)(H,51,56)/t30-,31-,32-,36+,38-,45-,47-/m1/s1. The van der Waals surface area contributed by atoms with Gasteiger partial charge in [-0.05, 0) is 75.8 Å². The first-order chi connectivity index (χ1) is 30.4. The average Bonchev–Trinajstić information content (AvgIpc) is 4.21. The van der Waals surface area contributed by atoms with Gasteiger partial charge in [0.2, 0.25) is 27.7 Å². The largest absolute Gasteiger partial charge is 0.491 e. The molecule has 3 aliphatic carbocycles. The van der Waals surface area contributed by atoms with Crippen molar-refractivity contribution >= 4 is 44.7 Å². The summed E-state index contributed by atoms with van der Waals surface area (Å²) in [6.45, 7) is 17.2. The molecule has 16 nitrogen and oxygen atoms in total. The van der Waals surface area contributed by atoms with Crippen LogP contribution in [-0.4, -0.2) is 127 Å². The van der Waals surface area contributed by atoms with Crippen LogP contribution >= 0.6 is 0 Å². The molecule has 1 aromatic heterocycles. The molecule has 4 heterocycles. The summed E-state index contributed by atoms with van der Waals surface area (Å²) in [7, 11) is -4.03. The summed E-state index contributed by atoms with van der Waals surface area (Å²) in [5.74, 6) is -1.30. The molecular formula is C47H66N6O10S. The molecule has 2 aromatic rings. The van der Waals surface area contributed by atoms with Crippen molar-refractivity contribution in [3.8, 4) is 11.6 Å². The second-order valence-corrected chi connectivity index (χ2v) is 22.2. The highest BCUT2D eigenvalue weighted by Crippen LogP contribution is 2.51. The van der Waals surface area contributed by atoms with Gasteiger partial charge in [-0.15, -0.1) is 6.58 Å². The molecule has 0 radical (unpaired) electrons. The number of benzene rings is 1. The number of nitrogens with zero attached hydrogens (tertiary/aromatic N) is 3. The summed E-state index contributed by atoms with van der Waals surface area (Å²) >= 11 is 0. The Morgan fingerprint density at radius 2 is 1.84 bits per heavy atom. The monoisotopic (exact) mass is 906 g/mol. The van der Waals surface area contributed by atoms with E-state index in [1.807, 2.05) is 52.0 Å². The topological polar surface area (TPSA) is 195 Å². The molecule has 3 saturated carbocycles. The fraction of sp³-hybridized carbons (Fsp3) is 0.681. The number of hydrogen-bond acceptors (Lipinski definition) is 12. The van der Waals surface area contributed by atoms with Gasteiger partial charge < -0.3 is 34.5 Å². The van der Waals surface area contributed by atoms with E-state index in [0.717, 1.165) is 62.7 Å². The molecule has 3 aliphatic heterocycles. The second kappa shape index (κ2) is 17.7. The second-order valence-electron chi connectivity index (χ2n) is 20.2. The van der Waals surface area contributed by atoms with Crippen LogP contribution in [-0.2, 0) is 40.3 Å². The molecular weight excluding hydrogens is 841 g/mol. The van der Waals surface area contributed by atoms with Crippen molar-refractivity contribution in [1.82, 2.24) is 30.1 Å². The molecule has 17 heteroatoms. The van der Waals surface area contributed by atoms with Crippen molar-refractivity contribution in [3.63, 3.8) is 0 Å². The summed E-state index contributed by atoms with van der Waals surface area (Å²) in [6.07, 6.45) is 6.37. The number of amides is 4. The van der Waals surface area contributed by atoms with Crippen molar-refractivity contribution in [2.45, 2.75) is 139 Å². The number of carbonyl (C=O) groups excluding carboxylic acids is 4. The van der Waals surface area contributed by atoms with Gasteiger partial charge in [-0.2, -0.15) is 0 Å². The molecule has 2 saturated heterocycles. The predicted molar refractivity (Wildman–Crippen MR) is 239 cm³/mol. The quantitative estimate of drug-likeness (QED) is 0.262. The maximum Gasteiger partial charge on any atom is 0.408 e. The zero-order valence-corrected chi connectivity index (χ0v) is 38.9. The summed E-state index contributed by atoms with van der Waals surface area (Å²) in [5.41, 5.74) is -1.57. The third kappa shape index (κ3) is 9.31. The van der Waals surface area contributed by atoms with E-state index in [2.05, 4.69) is 26.8 Å². The number of aromatic nitrogens is 1. The lowest BCUT2D eigenvalue weighted by Gasteiger charge is -2.35. The minimum atomic E-state index is -4.03.